The first-order chi connectivity index (χ1) is 7.70. The third kappa shape index (κ3) is 2.00. The number of hydrogen-bond acceptors (Lipinski definition) is 2. The molecule has 0 heterocycles. The zero-order valence-corrected chi connectivity index (χ0v) is 9.20. The highest BCUT2D eigenvalue weighted by Crippen LogP contribution is 2.26. The van der Waals surface area contributed by atoms with Gasteiger partial charge in [0.25, 0.3) is 0 Å². The van der Waals surface area contributed by atoms with Gasteiger partial charge in [-0.3, -0.25) is 0 Å². The zero-order chi connectivity index (χ0) is 11.5. The molecule has 0 aliphatic rings. The smallest absolute Gasteiger partial charge is 0.0998 e. The van der Waals surface area contributed by atoms with Gasteiger partial charge in [0.2, 0.25) is 0 Å². The highest BCUT2D eigenvalue weighted by molar-refractivity contribution is 6.30. The summed E-state index contributed by atoms with van der Waals surface area (Å²) in [4.78, 5) is 0. The molecule has 0 aliphatic carbocycles. The van der Waals surface area contributed by atoms with Crippen molar-refractivity contribution in [2.75, 3.05) is 5.73 Å². The highest BCUT2D eigenvalue weighted by Gasteiger charge is 2.04. The number of nitrogen functional groups attached to an aromatic ring is 1. The van der Waals surface area contributed by atoms with Crippen LogP contribution in [0, 0.1) is 11.3 Å². The van der Waals surface area contributed by atoms with E-state index in [2.05, 4.69) is 6.07 Å². The fraction of sp³-hybridized carbons (Fsp3) is 0. The molecule has 78 valence electrons. The van der Waals surface area contributed by atoms with Gasteiger partial charge in [-0.2, -0.15) is 5.26 Å². The third-order valence-corrected chi connectivity index (χ3v) is 2.57. The van der Waals surface area contributed by atoms with Gasteiger partial charge in [0, 0.05) is 10.7 Å². The molecule has 0 aliphatic heterocycles. The molecule has 0 radical (unpaired) electrons. The quantitative estimate of drug-likeness (QED) is 0.760. The summed E-state index contributed by atoms with van der Waals surface area (Å²) >= 11 is 5.81. The Morgan fingerprint density at radius 3 is 2.38 bits per heavy atom. The molecule has 0 spiro atoms. The third-order valence-electron chi connectivity index (χ3n) is 2.32. The number of anilines is 1. The SMILES string of the molecule is N#Cc1cc(N)ccc1-c1ccc(Cl)cc1. The predicted molar refractivity (Wildman–Crippen MR) is 66.0 cm³/mol. The molecule has 2 rings (SSSR count). The molecule has 0 atom stereocenters. The van der Waals surface area contributed by atoms with E-state index in [1.165, 1.54) is 0 Å². The minimum absolute atomic E-state index is 0.572. The Labute approximate surface area is 98.9 Å². The first-order valence-corrected chi connectivity index (χ1v) is 5.14. The molecular weight excluding hydrogens is 220 g/mol. The summed E-state index contributed by atoms with van der Waals surface area (Å²) in [6, 6.07) is 14.8. The van der Waals surface area contributed by atoms with E-state index >= 15 is 0 Å². The molecule has 2 aromatic rings. The van der Waals surface area contributed by atoms with Gasteiger partial charge in [-0.05, 0) is 35.4 Å². The number of halogens is 1. The highest BCUT2D eigenvalue weighted by atomic mass is 35.5. The van der Waals surface area contributed by atoms with E-state index < -0.39 is 0 Å². The van der Waals surface area contributed by atoms with Crippen molar-refractivity contribution < 1.29 is 0 Å². The van der Waals surface area contributed by atoms with Gasteiger partial charge in [0.1, 0.15) is 0 Å². The zero-order valence-electron chi connectivity index (χ0n) is 8.44. The van der Waals surface area contributed by atoms with Crippen molar-refractivity contribution in [3.63, 3.8) is 0 Å². The Hall–Kier alpha value is -1.98. The molecule has 0 amide bonds. The summed E-state index contributed by atoms with van der Waals surface area (Å²) in [5.74, 6) is 0. The summed E-state index contributed by atoms with van der Waals surface area (Å²) in [6.45, 7) is 0. The van der Waals surface area contributed by atoms with Crippen LogP contribution in [0.15, 0.2) is 42.5 Å². The molecule has 16 heavy (non-hydrogen) atoms. The molecular formula is C13H9ClN2. The second-order valence-electron chi connectivity index (χ2n) is 3.42. The molecule has 0 saturated carbocycles. The summed E-state index contributed by atoms with van der Waals surface area (Å²) in [7, 11) is 0. The van der Waals surface area contributed by atoms with Crippen molar-refractivity contribution in [3.8, 4) is 17.2 Å². The van der Waals surface area contributed by atoms with Gasteiger partial charge < -0.3 is 5.73 Å². The van der Waals surface area contributed by atoms with Crippen LogP contribution in [0.4, 0.5) is 5.69 Å². The van der Waals surface area contributed by atoms with E-state index in [0.29, 0.717) is 16.3 Å². The summed E-state index contributed by atoms with van der Waals surface area (Å²) in [5.41, 5.74) is 8.62. The maximum atomic E-state index is 9.03. The fourth-order valence-electron chi connectivity index (χ4n) is 1.54. The van der Waals surface area contributed by atoms with E-state index in [4.69, 9.17) is 22.6 Å². The molecule has 2 N–H and O–H groups in total. The number of nitrogens with zero attached hydrogens (tertiary/aromatic N) is 1. The Morgan fingerprint density at radius 2 is 1.75 bits per heavy atom. The van der Waals surface area contributed by atoms with Crippen molar-refractivity contribution in [3.05, 3.63) is 53.1 Å². The average molecular weight is 229 g/mol. The lowest BCUT2D eigenvalue weighted by Crippen LogP contribution is -1.89. The van der Waals surface area contributed by atoms with Crippen LogP contribution in [0.25, 0.3) is 11.1 Å². The van der Waals surface area contributed by atoms with Gasteiger partial charge >= 0.3 is 0 Å². The van der Waals surface area contributed by atoms with Gasteiger partial charge in [0.15, 0.2) is 0 Å². The monoisotopic (exact) mass is 228 g/mol. The van der Waals surface area contributed by atoms with Crippen LogP contribution in [0.1, 0.15) is 5.56 Å². The minimum Gasteiger partial charge on any atom is -0.399 e. The standard InChI is InChI=1S/C13H9ClN2/c14-11-3-1-9(2-4-11)13-6-5-12(16)7-10(13)8-15/h1-7H,16H2. The van der Waals surface area contributed by atoms with Gasteiger partial charge in [-0.15, -0.1) is 0 Å². The lowest BCUT2D eigenvalue weighted by atomic mass is 10.00. The van der Waals surface area contributed by atoms with Crippen LogP contribution in [-0.2, 0) is 0 Å². The van der Waals surface area contributed by atoms with Crippen LogP contribution in [0.3, 0.4) is 0 Å². The minimum atomic E-state index is 0.572. The lowest BCUT2D eigenvalue weighted by molar-refractivity contribution is 1.48. The number of benzene rings is 2. The number of nitriles is 1. The Morgan fingerprint density at radius 1 is 1.06 bits per heavy atom. The predicted octanol–water partition coefficient (Wildman–Crippen LogP) is 3.46. The van der Waals surface area contributed by atoms with Crippen molar-refractivity contribution in [2.24, 2.45) is 0 Å². The second-order valence-corrected chi connectivity index (χ2v) is 3.86. The van der Waals surface area contributed by atoms with Gasteiger partial charge in [0.05, 0.1) is 11.6 Å². The van der Waals surface area contributed by atoms with E-state index in [0.717, 1.165) is 11.1 Å². The van der Waals surface area contributed by atoms with E-state index in [9.17, 15) is 0 Å². The summed E-state index contributed by atoms with van der Waals surface area (Å²) < 4.78 is 0. The Balaban J connectivity index is 2.56. The largest absolute Gasteiger partial charge is 0.399 e. The van der Waals surface area contributed by atoms with Crippen LogP contribution in [-0.4, -0.2) is 0 Å². The van der Waals surface area contributed by atoms with Crippen molar-refractivity contribution in [2.45, 2.75) is 0 Å². The number of nitrogens with two attached hydrogens (primary N) is 1. The van der Waals surface area contributed by atoms with Crippen molar-refractivity contribution >= 4 is 17.3 Å². The van der Waals surface area contributed by atoms with Crippen LogP contribution in [0.5, 0.6) is 0 Å². The first kappa shape index (κ1) is 10.5. The van der Waals surface area contributed by atoms with Crippen LogP contribution >= 0.6 is 11.6 Å². The van der Waals surface area contributed by atoms with E-state index in [-0.39, 0.29) is 0 Å². The van der Waals surface area contributed by atoms with Crippen LogP contribution < -0.4 is 5.73 Å². The molecule has 2 aromatic carbocycles. The van der Waals surface area contributed by atoms with Gasteiger partial charge in [-0.25, -0.2) is 0 Å². The number of rotatable bonds is 1. The molecule has 0 unspecified atom stereocenters. The van der Waals surface area contributed by atoms with Crippen molar-refractivity contribution in [1.29, 1.82) is 5.26 Å². The molecule has 0 aromatic heterocycles. The van der Waals surface area contributed by atoms with Crippen molar-refractivity contribution in [1.82, 2.24) is 0 Å². The Bertz CT molecular complexity index is 553. The lowest BCUT2D eigenvalue weighted by Gasteiger charge is -2.05. The number of hydrogen-bond donors (Lipinski definition) is 1. The topological polar surface area (TPSA) is 49.8 Å². The van der Waals surface area contributed by atoms with E-state index in [1.807, 2.05) is 18.2 Å². The van der Waals surface area contributed by atoms with E-state index in [1.54, 1.807) is 24.3 Å². The summed E-state index contributed by atoms with van der Waals surface area (Å²) in [5, 5.41) is 9.71. The molecule has 2 nitrogen and oxygen atoms in total. The van der Waals surface area contributed by atoms with Crippen LogP contribution in [0.2, 0.25) is 5.02 Å². The maximum Gasteiger partial charge on any atom is 0.0998 e. The fourth-order valence-corrected chi connectivity index (χ4v) is 1.66. The normalized spacial score (nSPS) is 9.75. The average Bonchev–Trinajstić information content (AvgIpc) is 2.30. The molecule has 0 saturated heterocycles. The maximum absolute atomic E-state index is 9.03. The molecule has 0 bridgehead atoms. The molecule has 0 fully saturated rings. The summed E-state index contributed by atoms with van der Waals surface area (Å²) in [6.07, 6.45) is 0. The second kappa shape index (κ2) is 4.26. The Kier molecular flexibility index (Phi) is 2.80. The first-order valence-electron chi connectivity index (χ1n) is 4.76. The molecule has 3 heteroatoms. The van der Waals surface area contributed by atoms with Gasteiger partial charge in [-0.1, -0.05) is 29.8 Å².